The first-order chi connectivity index (χ1) is 13.6. The summed E-state index contributed by atoms with van der Waals surface area (Å²) < 4.78 is 5.38. The molecule has 2 amide bonds. The van der Waals surface area contributed by atoms with E-state index in [1.165, 1.54) is 0 Å². The number of ether oxygens (including phenoxy) is 1. The summed E-state index contributed by atoms with van der Waals surface area (Å²) in [6.45, 7) is 9.95. The van der Waals surface area contributed by atoms with Crippen molar-refractivity contribution in [2.75, 3.05) is 25.5 Å². The number of carbonyl (C=O) groups excluding carboxylic acids is 2. The van der Waals surface area contributed by atoms with Crippen LogP contribution in [0.1, 0.15) is 47.5 Å². The number of aliphatic imine (C=N–C) groups is 1. The lowest BCUT2D eigenvalue weighted by atomic mass is 9.93. The van der Waals surface area contributed by atoms with Gasteiger partial charge < -0.3 is 26.0 Å². The molecule has 0 atom stereocenters. The Kier molecular flexibility index (Phi) is 12.3. The van der Waals surface area contributed by atoms with E-state index in [0.717, 1.165) is 0 Å². The Balaban J connectivity index is 0.00000841. The Bertz CT molecular complexity index is 688. The zero-order valence-corrected chi connectivity index (χ0v) is 21.0. The predicted molar refractivity (Wildman–Crippen MR) is 130 cm³/mol. The van der Waals surface area contributed by atoms with E-state index in [9.17, 15) is 9.59 Å². The third kappa shape index (κ3) is 10.6. The second-order valence-corrected chi connectivity index (χ2v) is 7.68. The highest BCUT2D eigenvalue weighted by atomic mass is 127. The molecule has 4 N–H and O–H groups in total. The van der Waals surface area contributed by atoms with Crippen LogP contribution in [0.25, 0.3) is 0 Å². The molecule has 0 saturated carbocycles. The number of hydrogen-bond donors (Lipinski definition) is 4. The summed E-state index contributed by atoms with van der Waals surface area (Å²) in [6, 6.07) is 3.51. The van der Waals surface area contributed by atoms with E-state index in [4.69, 9.17) is 4.74 Å². The SMILES string of the molecule is CCC(CC)(CNC(=NC)NCC(=O)Nc1cccnc1)NC(=O)OC(C)(C)C.I. The van der Waals surface area contributed by atoms with Crippen molar-refractivity contribution in [1.29, 1.82) is 0 Å². The Hall–Kier alpha value is -2.11. The highest BCUT2D eigenvalue weighted by Gasteiger charge is 2.30. The van der Waals surface area contributed by atoms with E-state index in [-0.39, 0.29) is 36.4 Å². The number of hydrogen-bond acceptors (Lipinski definition) is 5. The van der Waals surface area contributed by atoms with Gasteiger partial charge >= 0.3 is 6.09 Å². The van der Waals surface area contributed by atoms with Crippen molar-refractivity contribution in [1.82, 2.24) is 20.9 Å². The van der Waals surface area contributed by atoms with Crippen molar-refractivity contribution in [3.05, 3.63) is 24.5 Å². The molecule has 0 unspecified atom stereocenters. The summed E-state index contributed by atoms with van der Waals surface area (Å²) in [5, 5.41) is 11.9. The summed E-state index contributed by atoms with van der Waals surface area (Å²) in [6.07, 6.45) is 4.16. The number of alkyl carbamates (subject to hydrolysis) is 1. The van der Waals surface area contributed by atoms with Gasteiger partial charge in [0.15, 0.2) is 5.96 Å². The van der Waals surface area contributed by atoms with E-state index in [0.29, 0.717) is 31.0 Å². The standard InChI is InChI=1S/C20H34N6O3.HI/c1-7-20(8-2,26-18(28)29-19(3,4)5)14-24-17(21-6)23-13-16(27)25-15-10-9-11-22-12-15;/h9-12H,7-8,13-14H2,1-6H3,(H,25,27)(H,26,28)(H2,21,23,24);1H. The molecular formula is C20H35IN6O3. The average molecular weight is 534 g/mol. The molecular weight excluding hydrogens is 499 g/mol. The van der Waals surface area contributed by atoms with Gasteiger partial charge in [-0.05, 0) is 45.7 Å². The summed E-state index contributed by atoms with van der Waals surface area (Å²) in [4.78, 5) is 32.4. The van der Waals surface area contributed by atoms with Gasteiger partial charge in [0.05, 0.1) is 24.0 Å². The lowest BCUT2D eigenvalue weighted by molar-refractivity contribution is -0.115. The molecule has 170 valence electrons. The first-order valence-electron chi connectivity index (χ1n) is 9.78. The fourth-order valence-corrected chi connectivity index (χ4v) is 2.52. The average Bonchev–Trinajstić information content (AvgIpc) is 2.66. The number of carbonyl (C=O) groups is 2. The molecule has 0 saturated heterocycles. The molecule has 1 heterocycles. The van der Waals surface area contributed by atoms with Crippen LogP contribution in [0.3, 0.4) is 0 Å². The van der Waals surface area contributed by atoms with Crippen molar-refractivity contribution in [2.45, 2.75) is 58.6 Å². The first kappa shape index (κ1) is 27.9. The van der Waals surface area contributed by atoms with Crippen LogP contribution in [-0.2, 0) is 9.53 Å². The topological polar surface area (TPSA) is 117 Å². The van der Waals surface area contributed by atoms with Gasteiger partial charge in [0, 0.05) is 19.8 Å². The number of nitrogens with zero attached hydrogens (tertiary/aromatic N) is 2. The van der Waals surface area contributed by atoms with Gasteiger partial charge in [-0.2, -0.15) is 0 Å². The minimum atomic E-state index is -0.566. The Morgan fingerprint density at radius 1 is 1.17 bits per heavy atom. The highest BCUT2D eigenvalue weighted by molar-refractivity contribution is 14.0. The molecule has 0 radical (unpaired) electrons. The number of aromatic nitrogens is 1. The highest BCUT2D eigenvalue weighted by Crippen LogP contribution is 2.16. The Morgan fingerprint density at radius 2 is 1.83 bits per heavy atom. The molecule has 0 aliphatic carbocycles. The number of amides is 2. The molecule has 9 nitrogen and oxygen atoms in total. The van der Waals surface area contributed by atoms with Gasteiger partial charge in [-0.3, -0.25) is 14.8 Å². The molecule has 30 heavy (non-hydrogen) atoms. The zero-order valence-electron chi connectivity index (χ0n) is 18.7. The molecule has 0 aliphatic rings. The van der Waals surface area contributed by atoms with Crippen LogP contribution in [0.15, 0.2) is 29.5 Å². The molecule has 0 fully saturated rings. The largest absolute Gasteiger partial charge is 0.444 e. The van der Waals surface area contributed by atoms with Crippen molar-refractivity contribution in [3.63, 3.8) is 0 Å². The lowest BCUT2D eigenvalue weighted by Crippen LogP contribution is -2.57. The fraction of sp³-hybridized carbons (Fsp3) is 0.600. The van der Waals surface area contributed by atoms with E-state index < -0.39 is 17.2 Å². The van der Waals surface area contributed by atoms with Crippen molar-refractivity contribution in [2.24, 2.45) is 4.99 Å². The number of halogens is 1. The van der Waals surface area contributed by atoms with Gasteiger partial charge in [-0.1, -0.05) is 13.8 Å². The van der Waals surface area contributed by atoms with Crippen LogP contribution in [0.2, 0.25) is 0 Å². The second-order valence-electron chi connectivity index (χ2n) is 7.68. The van der Waals surface area contributed by atoms with Crippen LogP contribution in [0.5, 0.6) is 0 Å². The van der Waals surface area contributed by atoms with Crippen LogP contribution in [0, 0.1) is 0 Å². The first-order valence-corrected chi connectivity index (χ1v) is 9.78. The number of nitrogens with one attached hydrogen (secondary N) is 4. The normalized spacial score (nSPS) is 11.7. The van der Waals surface area contributed by atoms with Gasteiger partial charge in [-0.15, -0.1) is 24.0 Å². The Labute approximate surface area is 196 Å². The van der Waals surface area contributed by atoms with Gasteiger partial charge in [0.1, 0.15) is 5.60 Å². The van der Waals surface area contributed by atoms with Crippen LogP contribution < -0.4 is 21.3 Å². The molecule has 0 bridgehead atoms. The molecule has 1 aromatic heterocycles. The number of pyridine rings is 1. The summed E-state index contributed by atoms with van der Waals surface area (Å²) in [5.74, 6) is 0.244. The minimum absolute atomic E-state index is 0. The smallest absolute Gasteiger partial charge is 0.408 e. The maximum absolute atomic E-state index is 12.2. The van der Waals surface area contributed by atoms with E-state index >= 15 is 0 Å². The molecule has 0 spiro atoms. The van der Waals surface area contributed by atoms with Gasteiger partial charge in [0.25, 0.3) is 0 Å². The van der Waals surface area contributed by atoms with E-state index in [1.807, 2.05) is 34.6 Å². The monoisotopic (exact) mass is 534 g/mol. The van der Waals surface area contributed by atoms with Crippen molar-refractivity contribution in [3.8, 4) is 0 Å². The summed E-state index contributed by atoms with van der Waals surface area (Å²) in [5.41, 5.74) is -0.443. The maximum Gasteiger partial charge on any atom is 0.408 e. The lowest BCUT2D eigenvalue weighted by Gasteiger charge is -2.34. The van der Waals surface area contributed by atoms with Crippen molar-refractivity contribution >= 4 is 47.6 Å². The fourth-order valence-electron chi connectivity index (χ4n) is 2.52. The third-order valence-corrected chi connectivity index (χ3v) is 4.30. The molecule has 1 rings (SSSR count). The maximum atomic E-state index is 12.2. The van der Waals surface area contributed by atoms with Crippen molar-refractivity contribution < 1.29 is 14.3 Å². The predicted octanol–water partition coefficient (Wildman–Crippen LogP) is 2.89. The molecule has 0 aromatic carbocycles. The summed E-state index contributed by atoms with van der Waals surface area (Å²) in [7, 11) is 1.62. The molecule has 0 aliphatic heterocycles. The third-order valence-electron chi connectivity index (χ3n) is 4.30. The van der Waals surface area contributed by atoms with E-state index in [2.05, 4.69) is 31.2 Å². The van der Waals surface area contributed by atoms with Gasteiger partial charge in [-0.25, -0.2) is 4.79 Å². The second kappa shape index (κ2) is 13.2. The molecule has 10 heteroatoms. The van der Waals surface area contributed by atoms with Crippen LogP contribution in [0.4, 0.5) is 10.5 Å². The van der Waals surface area contributed by atoms with Crippen LogP contribution >= 0.6 is 24.0 Å². The quantitative estimate of drug-likeness (QED) is 0.232. The molecule has 1 aromatic rings. The Morgan fingerprint density at radius 3 is 2.33 bits per heavy atom. The minimum Gasteiger partial charge on any atom is -0.444 e. The van der Waals surface area contributed by atoms with E-state index in [1.54, 1.807) is 31.6 Å². The number of anilines is 1. The van der Waals surface area contributed by atoms with Crippen LogP contribution in [-0.4, -0.2) is 54.2 Å². The zero-order chi connectivity index (χ0) is 21.9. The number of rotatable bonds is 8. The number of guanidine groups is 1. The van der Waals surface area contributed by atoms with Gasteiger partial charge in [0.2, 0.25) is 5.91 Å². The summed E-state index contributed by atoms with van der Waals surface area (Å²) >= 11 is 0.